The van der Waals surface area contributed by atoms with Gasteiger partial charge in [-0.1, -0.05) is 72.4 Å². The molecule has 6 heteroatoms. The predicted molar refractivity (Wildman–Crippen MR) is 96.0 cm³/mol. The van der Waals surface area contributed by atoms with Gasteiger partial charge in [-0.3, -0.25) is 15.0 Å². The van der Waals surface area contributed by atoms with E-state index in [1.54, 1.807) is 62.6 Å². The van der Waals surface area contributed by atoms with Crippen LogP contribution < -0.4 is 5.43 Å². The quantitative estimate of drug-likeness (QED) is 0.789. The molecular formula is C18H20N2O3S. The minimum atomic E-state index is -1.29. The summed E-state index contributed by atoms with van der Waals surface area (Å²) in [6.45, 7) is 0. The topological polar surface area (TPSA) is 69.6 Å². The fourth-order valence-corrected chi connectivity index (χ4v) is 3.53. The molecule has 5 nitrogen and oxygen atoms in total. The van der Waals surface area contributed by atoms with E-state index >= 15 is 0 Å². The zero-order valence-corrected chi connectivity index (χ0v) is 14.4. The SMILES string of the molecule is CN(C)NC(=O)SCC(C(=O)O)(c1ccccc1)c1ccccc1. The van der Waals surface area contributed by atoms with Crippen molar-refractivity contribution in [3.05, 3.63) is 71.8 Å². The summed E-state index contributed by atoms with van der Waals surface area (Å²) < 4.78 is 0. The van der Waals surface area contributed by atoms with Crippen molar-refractivity contribution in [1.29, 1.82) is 0 Å². The highest BCUT2D eigenvalue weighted by atomic mass is 32.2. The van der Waals surface area contributed by atoms with Gasteiger partial charge in [-0.15, -0.1) is 0 Å². The van der Waals surface area contributed by atoms with E-state index in [9.17, 15) is 14.7 Å². The standard InChI is InChI=1S/C18H20N2O3S/c1-20(2)19-17(23)24-13-18(16(21)22,14-9-5-3-6-10-14)15-11-7-4-8-12-15/h3-12H,13H2,1-2H3,(H,19,23)(H,21,22). The van der Waals surface area contributed by atoms with E-state index in [4.69, 9.17) is 0 Å². The molecule has 2 N–H and O–H groups in total. The molecule has 0 aliphatic heterocycles. The van der Waals surface area contributed by atoms with Gasteiger partial charge in [-0.05, 0) is 11.1 Å². The number of benzene rings is 2. The number of nitrogens with zero attached hydrogens (tertiary/aromatic N) is 1. The molecule has 2 aromatic rings. The van der Waals surface area contributed by atoms with Crippen molar-refractivity contribution < 1.29 is 14.7 Å². The number of carbonyl (C=O) groups is 2. The van der Waals surface area contributed by atoms with Crippen molar-refractivity contribution in [3.63, 3.8) is 0 Å². The maximum atomic E-state index is 12.3. The minimum absolute atomic E-state index is 0.0933. The van der Waals surface area contributed by atoms with Crippen LogP contribution in [0.25, 0.3) is 0 Å². The first kappa shape index (κ1) is 18.0. The number of thioether (sulfide) groups is 1. The second kappa shape index (κ2) is 7.99. The maximum absolute atomic E-state index is 12.3. The van der Waals surface area contributed by atoms with Crippen LogP contribution in [0, 0.1) is 0 Å². The Balaban J connectivity index is 2.44. The first-order chi connectivity index (χ1) is 11.5. The lowest BCUT2D eigenvalue weighted by molar-refractivity contribution is -0.141. The lowest BCUT2D eigenvalue weighted by Gasteiger charge is -2.30. The third-order valence-electron chi connectivity index (χ3n) is 3.63. The van der Waals surface area contributed by atoms with Crippen molar-refractivity contribution in [2.24, 2.45) is 0 Å². The van der Waals surface area contributed by atoms with Crippen LogP contribution in [0.4, 0.5) is 4.79 Å². The largest absolute Gasteiger partial charge is 0.480 e. The number of amides is 1. The molecule has 0 radical (unpaired) electrons. The molecule has 2 rings (SSSR count). The summed E-state index contributed by atoms with van der Waals surface area (Å²) in [5, 5.41) is 11.3. The van der Waals surface area contributed by atoms with Crippen LogP contribution in [-0.2, 0) is 10.2 Å². The number of carboxylic acid groups (broad SMARTS) is 1. The predicted octanol–water partition coefficient (Wildman–Crippen LogP) is 2.98. The van der Waals surface area contributed by atoms with Gasteiger partial charge in [-0.25, -0.2) is 5.01 Å². The lowest BCUT2D eigenvalue weighted by atomic mass is 9.76. The summed E-state index contributed by atoms with van der Waals surface area (Å²) in [5.74, 6) is -0.888. The van der Waals surface area contributed by atoms with Gasteiger partial charge in [0, 0.05) is 19.8 Å². The molecule has 0 bridgehead atoms. The fraction of sp³-hybridized carbons (Fsp3) is 0.222. The van der Waals surface area contributed by atoms with Crippen LogP contribution in [0.15, 0.2) is 60.7 Å². The molecule has 0 atom stereocenters. The van der Waals surface area contributed by atoms with Gasteiger partial charge < -0.3 is 5.11 Å². The monoisotopic (exact) mass is 344 g/mol. The van der Waals surface area contributed by atoms with Crippen molar-refractivity contribution in [1.82, 2.24) is 10.4 Å². The molecule has 0 saturated heterocycles. The number of nitrogens with one attached hydrogen (secondary N) is 1. The van der Waals surface area contributed by atoms with Gasteiger partial charge in [0.25, 0.3) is 5.24 Å². The van der Waals surface area contributed by atoms with E-state index in [1.807, 2.05) is 12.1 Å². The van der Waals surface area contributed by atoms with Gasteiger partial charge in [-0.2, -0.15) is 0 Å². The van der Waals surface area contributed by atoms with Gasteiger partial charge in [0.05, 0.1) is 0 Å². The van der Waals surface area contributed by atoms with Crippen molar-refractivity contribution in [2.45, 2.75) is 5.41 Å². The number of hydrogen-bond donors (Lipinski definition) is 2. The Morgan fingerprint density at radius 2 is 1.46 bits per heavy atom. The smallest absolute Gasteiger partial charge is 0.319 e. The number of carboxylic acids is 1. The summed E-state index contributed by atoms with van der Waals surface area (Å²) in [5.41, 5.74) is 2.62. The number of hydrogen-bond acceptors (Lipinski definition) is 4. The molecule has 0 unspecified atom stereocenters. The number of carbonyl (C=O) groups excluding carboxylic acids is 1. The molecule has 24 heavy (non-hydrogen) atoms. The Hall–Kier alpha value is -2.31. The van der Waals surface area contributed by atoms with Crippen LogP contribution in [-0.4, -0.2) is 41.2 Å². The first-order valence-electron chi connectivity index (χ1n) is 7.42. The van der Waals surface area contributed by atoms with Crippen LogP contribution in [0.5, 0.6) is 0 Å². The third-order valence-corrected chi connectivity index (χ3v) is 4.56. The molecule has 0 fully saturated rings. The molecule has 2 aromatic carbocycles. The van der Waals surface area contributed by atoms with Crippen LogP contribution in [0.2, 0.25) is 0 Å². The second-order valence-electron chi connectivity index (χ2n) is 5.52. The van der Waals surface area contributed by atoms with E-state index in [0.29, 0.717) is 11.1 Å². The molecule has 0 heterocycles. The Labute approximate surface area is 145 Å². The van der Waals surface area contributed by atoms with E-state index in [0.717, 1.165) is 11.8 Å². The van der Waals surface area contributed by atoms with Crippen molar-refractivity contribution in [3.8, 4) is 0 Å². The second-order valence-corrected chi connectivity index (χ2v) is 6.47. The van der Waals surface area contributed by atoms with Crippen molar-refractivity contribution >= 4 is 23.0 Å². The van der Waals surface area contributed by atoms with Crippen molar-refractivity contribution in [2.75, 3.05) is 19.8 Å². The minimum Gasteiger partial charge on any atom is -0.480 e. The summed E-state index contributed by atoms with van der Waals surface area (Å²) >= 11 is 0.957. The van der Waals surface area contributed by atoms with Gasteiger partial charge in [0.2, 0.25) is 0 Å². The average molecular weight is 344 g/mol. The van der Waals surface area contributed by atoms with E-state index in [2.05, 4.69) is 5.43 Å². The zero-order valence-electron chi connectivity index (χ0n) is 13.6. The summed E-state index contributed by atoms with van der Waals surface area (Å²) in [4.78, 5) is 24.3. The Morgan fingerprint density at radius 1 is 1.00 bits per heavy atom. The number of aliphatic carboxylic acids is 1. The maximum Gasteiger partial charge on any atom is 0.319 e. The highest BCUT2D eigenvalue weighted by molar-refractivity contribution is 8.13. The average Bonchev–Trinajstić information content (AvgIpc) is 2.56. The van der Waals surface area contributed by atoms with E-state index in [-0.39, 0.29) is 11.0 Å². The molecule has 0 spiro atoms. The van der Waals surface area contributed by atoms with E-state index in [1.165, 1.54) is 5.01 Å². The third kappa shape index (κ3) is 3.96. The summed E-state index contributed by atoms with van der Waals surface area (Å²) in [6.07, 6.45) is 0. The Kier molecular flexibility index (Phi) is 6.00. The van der Waals surface area contributed by atoms with Gasteiger partial charge in [0.1, 0.15) is 5.41 Å². The van der Waals surface area contributed by atoms with E-state index < -0.39 is 11.4 Å². The number of hydrazine groups is 1. The Bertz CT molecular complexity index is 650. The number of rotatable bonds is 6. The summed E-state index contributed by atoms with van der Waals surface area (Å²) in [6, 6.07) is 18.0. The van der Waals surface area contributed by atoms with Gasteiger partial charge in [0.15, 0.2) is 0 Å². The molecule has 0 aromatic heterocycles. The lowest BCUT2D eigenvalue weighted by Crippen LogP contribution is -2.41. The van der Waals surface area contributed by atoms with Crippen LogP contribution >= 0.6 is 11.8 Å². The van der Waals surface area contributed by atoms with Crippen LogP contribution in [0.3, 0.4) is 0 Å². The summed E-state index contributed by atoms with van der Waals surface area (Å²) in [7, 11) is 3.41. The normalized spacial score (nSPS) is 11.3. The highest BCUT2D eigenvalue weighted by Gasteiger charge is 2.42. The molecule has 0 aliphatic rings. The molecule has 0 saturated carbocycles. The fourth-order valence-electron chi connectivity index (χ4n) is 2.48. The zero-order chi connectivity index (χ0) is 17.6. The molecular weight excluding hydrogens is 324 g/mol. The first-order valence-corrected chi connectivity index (χ1v) is 8.40. The van der Waals surface area contributed by atoms with Crippen LogP contribution in [0.1, 0.15) is 11.1 Å². The Morgan fingerprint density at radius 3 is 1.83 bits per heavy atom. The van der Waals surface area contributed by atoms with Gasteiger partial charge >= 0.3 is 5.97 Å². The highest BCUT2D eigenvalue weighted by Crippen LogP contribution is 2.36. The molecule has 1 amide bonds. The molecule has 126 valence electrons. The molecule has 0 aliphatic carbocycles.